The van der Waals surface area contributed by atoms with E-state index in [1.54, 1.807) is 0 Å². The van der Waals surface area contributed by atoms with Crippen LogP contribution in [0.15, 0.2) is 4.52 Å². The smallest absolute Gasteiger partial charge is 0.234 e. The molecule has 0 spiro atoms. The molecule has 0 radical (unpaired) electrons. The summed E-state index contributed by atoms with van der Waals surface area (Å²) in [5.74, 6) is 2.29. The van der Waals surface area contributed by atoms with E-state index in [-0.39, 0.29) is 11.0 Å². The summed E-state index contributed by atoms with van der Waals surface area (Å²) in [6.07, 6.45) is 5.38. The summed E-state index contributed by atoms with van der Waals surface area (Å²) in [5.41, 5.74) is -0.355. The highest BCUT2D eigenvalue weighted by Gasteiger charge is 2.43. The van der Waals surface area contributed by atoms with Gasteiger partial charge >= 0.3 is 0 Å². The monoisotopic (exact) mass is 293 g/mol. The van der Waals surface area contributed by atoms with Crippen molar-refractivity contribution in [2.45, 2.75) is 63.9 Å². The van der Waals surface area contributed by atoms with Crippen LogP contribution in [-0.4, -0.2) is 29.8 Å². The molecular formula is C16H27N3O2. The molecule has 1 saturated carbocycles. The molecule has 21 heavy (non-hydrogen) atoms. The molecule has 2 heterocycles. The molecule has 0 bridgehead atoms. The van der Waals surface area contributed by atoms with Crippen molar-refractivity contribution in [3.8, 4) is 0 Å². The van der Waals surface area contributed by atoms with E-state index < -0.39 is 0 Å². The molecule has 1 aliphatic carbocycles. The lowest BCUT2D eigenvalue weighted by atomic mass is 9.79. The molecule has 3 rings (SSSR count). The quantitative estimate of drug-likeness (QED) is 0.925. The topological polar surface area (TPSA) is 60.2 Å². The van der Waals surface area contributed by atoms with Crippen molar-refractivity contribution >= 4 is 0 Å². The van der Waals surface area contributed by atoms with Crippen LogP contribution in [-0.2, 0) is 15.8 Å². The number of ether oxygens (including phenoxy) is 1. The minimum Gasteiger partial charge on any atom is -0.367 e. The second-order valence-corrected chi connectivity index (χ2v) is 7.02. The molecule has 1 aromatic heterocycles. The fourth-order valence-corrected chi connectivity index (χ4v) is 3.59. The van der Waals surface area contributed by atoms with Gasteiger partial charge in [-0.1, -0.05) is 12.1 Å². The Morgan fingerprint density at radius 1 is 1.33 bits per heavy atom. The average Bonchev–Trinajstić information content (AvgIpc) is 3.12. The number of rotatable bonds is 4. The Morgan fingerprint density at radius 3 is 2.71 bits per heavy atom. The van der Waals surface area contributed by atoms with E-state index in [9.17, 15) is 0 Å². The molecule has 118 valence electrons. The molecule has 1 saturated heterocycles. The Morgan fingerprint density at radius 2 is 2.10 bits per heavy atom. The lowest BCUT2D eigenvalue weighted by molar-refractivity contribution is -0.0847. The summed E-state index contributed by atoms with van der Waals surface area (Å²) < 4.78 is 11.7. The minimum atomic E-state index is -0.328. The Bertz CT molecular complexity index is 472. The Labute approximate surface area is 126 Å². The average molecular weight is 293 g/mol. The van der Waals surface area contributed by atoms with Gasteiger partial charge in [-0.15, -0.1) is 0 Å². The third-order valence-corrected chi connectivity index (χ3v) is 5.22. The van der Waals surface area contributed by atoms with Gasteiger partial charge in [-0.2, -0.15) is 4.98 Å². The van der Waals surface area contributed by atoms with Crippen LogP contribution in [0, 0.1) is 5.92 Å². The first kappa shape index (κ1) is 15.0. The van der Waals surface area contributed by atoms with Crippen molar-refractivity contribution < 1.29 is 9.26 Å². The van der Waals surface area contributed by atoms with Gasteiger partial charge in [0, 0.05) is 13.2 Å². The first-order valence-corrected chi connectivity index (χ1v) is 8.27. The van der Waals surface area contributed by atoms with Gasteiger partial charge in [0.05, 0.1) is 5.41 Å². The van der Waals surface area contributed by atoms with Crippen LogP contribution in [0.5, 0.6) is 0 Å². The second-order valence-electron chi connectivity index (χ2n) is 7.02. The van der Waals surface area contributed by atoms with E-state index in [1.165, 1.54) is 12.8 Å². The SMILES string of the molecule is CCOC1(c2noc(C3(C)CCNC3)n2)CCC(C)CC1. The van der Waals surface area contributed by atoms with Gasteiger partial charge in [0.1, 0.15) is 5.60 Å². The molecule has 1 aromatic rings. The number of hydrogen-bond acceptors (Lipinski definition) is 5. The fourth-order valence-electron chi connectivity index (χ4n) is 3.59. The molecule has 0 amide bonds. The van der Waals surface area contributed by atoms with Crippen LogP contribution < -0.4 is 5.32 Å². The normalized spacial score (nSPS) is 37.0. The van der Waals surface area contributed by atoms with Crippen molar-refractivity contribution in [1.29, 1.82) is 0 Å². The minimum absolute atomic E-state index is 0.0272. The van der Waals surface area contributed by atoms with Crippen LogP contribution in [0.1, 0.15) is 64.6 Å². The standard InChI is InChI=1S/C16H27N3O2/c1-4-20-16(7-5-12(2)6-8-16)13-18-14(21-19-13)15(3)9-10-17-11-15/h12,17H,4-11H2,1-3H3. The number of hydrogen-bond donors (Lipinski definition) is 1. The molecule has 5 nitrogen and oxygen atoms in total. The highest BCUT2D eigenvalue weighted by Crippen LogP contribution is 2.42. The maximum absolute atomic E-state index is 6.11. The Balaban J connectivity index is 1.85. The van der Waals surface area contributed by atoms with Gasteiger partial charge in [0.2, 0.25) is 11.7 Å². The van der Waals surface area contributed by atoms with Gasteiger partial charge in [0.25, 0.3) is 0 Å². The number of nitrogens with zero attached hydrogens (tertiary/aromatic N) is 2. The van der Waals surface area contributed by atoms with Gasteiger partial charge in [-0.25, -0.2) is 0 Å². The molecule has 1 aliphatic heterocycles. The van der Waals surface area contributed by atoms with E-state index in [0.29, 0.717) is 6.61 Å². The summed E-state index contributed by atoms with van der Waals surface area (Å²) >= 11 is 0. The van der Waals surface area contributed by atoms with E-state index >= 15 is 0 Å². The highest BCUT2D eigenvalue weighted by molar-refractivity contribution is 5.11. The van der Waals surface area contributed by atoms with E-state index in [2.05, 4.69) is 24.3 Å². The van der Waals surface area contributed by atoms with Crippen LogP contribution in [0.2, 0.25) is 0 Å². The van der Waals surface area contributed by atoms with Gasteiger partial charge in [-0.3, -0.25) is 0 Å². The second kappa shape index (κ2) is 5.69. The summed E-state index contributed by atoms with van der Waals surface area (Å²) in [6, 6.07) is 0. The van der Waals surface area contributed by atoms with Gasteiger partial charge in [-0.05, 0) is 58.4 Å². The van der Waals surface area contributed by atoms with Crippen LogP contribution in [0.3, 0.4) is 0 Å². The zero-order valence-corrected chi connectivity index (χ0v) is 13.4. The lowest BCUT2D eigenvalue weighted by Crippen LogP contribution is -2.36. The molecule has 5 heteroatoms. The molecule has 1 atom stereocenters. The zero-order valence-electron chi connectivity index (χ0n) is 13.4. The molecule has 1 N–H and O–H groups in total. The number of aromatic nitrogens is 2. The molecule has 0 aromatic carbocycles. The molecule has 2 aliphatic rings. The highest BCUT2D eigenvalue weighted by atomic mass is 16.5. The maximum Gasteiger partial charge on any atom is 0.234 e. The third kappa shape index (κ3) is 2.73. The fraction of sp³-hybridized carbons (Fsp3) is 0.875. The van der Waals surface area contributed by atoms with Crippen molar-refractivity contribution in [3.05, 3.63) is 11.7 Å². The summed E-state index contributed by atoms with van der Waals surface area (Å²) in [7, 11) is 0. The first-order chi connectivity index (χ1) is 10.1. The van der Waals surface area contributed by atoms with Crippen LogP contribution >= 0.6 is 0 Å². The van der Waals surface area contributed by atoms with Gasteiger partial charge in [0.15, 0.2) is 0 Å². The molecular weight excluding hydrogens is 266 g/mol. The van der Waals surface area contributed by atoms with Crippen molar-refractivity contribution in [2.24, 2.45) is 5.92 Å². The summed E-state index contributed by atoms with van der Waals surface area (Å²) in [5, 5.41) is 7.69. The predicted octanol–water partition coefficient (Wildman–Crippen LogP) is 2.76. The van der Waals surface area contributed by atoms with Crippen LogP contribution in [0.25, 0.3) is 0 Å². The Kier molecular flexibility index (Phi) is 4.06. The third-order valence-electron chi connectivity index (χ3n) is 5.22. The van der Waals surface area contributed by atoms with Crippen LogP contribution in [0.4, 0.5) is 0 Å². The maximum atomic E-state index is 6.11. The molecule has 1 unspecified atom stereocenters. The van der Waals surface area contributed by atoms with E-state index in [4.69, 9.17) is 14.2 Å². The first-order valence-electron chi connectivity index (χ1n) is 8.27. The summed E-state index contributed by atoms with van der Waals surface area (Å²) in [4.78, 5) is 4.76. The van der Waals surface area contributed by atoms with Crippen molar-refractivity contribution in [1.82, 2.24) is 15.5 Å². The van der Waals surface area contributed by atoms with Gasteiger partial charge < -0.3 is 14.6 Å². The predicted molar refractivity (Wildman–Crippen MR) is 80.1 cm³/mol. The van der Waals surface area contributed by atoms with Crippen molar-refractivity contribution in [3.63, 3.8) is 0 Å². The van der Waals surface area contributed by atoms with E-state index in [1.807, 2.05) is 6.92 Å². The zero-order chi connectivity index (χ0) is 14.9. The Hall–Kier alpha value is -0.940. The van der Waals surface area contributed by atoms with Crippen molar-refractivity contribution in [2.75, 3.05) is 19.7 Å². The number of nitrogens with one attached hydrogen (secondary N) is 1. The molecule has 2 fully saturated rings. The largest absolute Gasteiger partial charge is 0.367 e. The lowest BCUT2D eigenvalue weighted by Gasteiger charge is -2.36. The summed E-state index contributed by atoms with van der Waals surface area (Å²) in [6.45, 7) is 9.17. The van der Waals surface area contributed by atoms with E-state index in [0.717, 1.165) is 50.0 Å².